The summed E-state index contributed by atoms with van der Waals surface area (Å²) in [6, 6.07) is 0. The summed E-state index contributed by atoms with van der Waals surface area (Å²) < 4.78 is 0. The molecular formula is C12H22O. The van der Waals surface area contributed by atoms with E-state index in [-0.39, 0.29) is 6.10 Å². The second-order valence-electron chi connectivity index (χ2n) is 4.10. The minimum Gasteiger partial charge on any atom is -0.389 e. The predicted molar refractivity (Wildman–Crippen MR) is 56.7 cm³/mol. The lowest BCUT2D eigenvalue weighted by Gasteiger charge is -2.05. The quantitative estimate of drug-likeness (QED) is 0.521. The van der Waals surface area contributed by atoms with Gasteiger partial charge in [0.05, 0.1) is 6.10 Å². The van der Waals surface area contributed by atoms with Gasteiger partial charge in [0, 0.05) is 0 Å². The van der Waals surface area contributed by atoms with Gasteiger partial charge in [0.25, 0.3) is 0 Å². The van der Waals surface area contributed by atoms with Crippen molar-refractivity contribution in [3.8, 4) is 0 Å². The molecule has 1 nitrogen and oxygen atoms in total. The van der Waals surface area contributed by atoms with E-state index in [1.165, 1.54) is 50.5 Å². The third-order valence-electron chi connectivity index (χ3n) is 2.78. The molecule has 0 fully saturated rings. The van der Waals surface area contributed by atoms with E-state index in [0.717, 1.165) is 6.42 Å². The van der Waals surface area contributed by atoms with Crippen molar-refractivity contribution in [3.63, 3.8) is 0 Å². The summed E-state index contributed by atoms with van der Waals surface area (Å²) in [6.45, 7) is 2.23. The summed E-state index contributed by atoms with van der Waals surface area (Å²) in [5.41, 5.74) is 1.50. The molecule has 0 bridgehead atoms. The maximum Gasteiger partial charge on any atom is 0.0723 e. The van der Waals surface area contributed by atoms with Crippen molar-refractivity contribution in [2.24, 2.45) is 0 Å². The molecule has 1 aliphatic carbocycles. The molecule has 1 unspecified atom stereocenters. The molecule has 1 heteroatoms. The fraction of sp³-hybridized carbons (Fsp3) is 0.833. The Morgan fingerprint density at radius 3 is 3.00 bits per heavy atom. The maximum atomic E-state index is 9.54. The van der Waals surface area contributed by atoms with Crippen LogP contribution < -0.4 is 0 Å². The number of aliphatic hydroxyl groups is 1. The number of hydrogen-bond donors (Lipinski definition) is 1. The summed E-state index contributed by atoms with van der Waals surface area (Å²) in [4.78, 5) is 0. The molecule has 0 aliphatic heterocycles. The monoisotopic (exact) mass is 182 g/mol. The number of allylic oxidation sites excluding steroid dienone is 1. The second kappa shape index (κ2) is 6.20. The zero-order chi connectivity index (χ0) is 9.52. The molecular weight excluding hydrogens is 160 g/mol. The van der Waals surface area contributed by atoms with E-state index in [9.17, 15) is 5.11 Å². The van der Waals surface area contributed by atoms with Crippen LogP contribution in [0, 0.1) is 0 Å². The van der Waals surface area contributed by atoms with Crippen molar-refractivity contribution >= 4 is 0 Å². The van der Waals surface area contributed by atoms with Gasteiger partial charge in [-0.25, -0.2) is 0 Å². The zero-order valence-corrected chi connectivity index (χ0v) is 8.76. The second-order valence-corrected chi connectivity index (χ2v) is 4.10. The molecule has 13 heavy (non-hydrogen) atoms. The average molecular weight is 182 g/mol. The average Bonchev–Trinajstić information content (AvgIpc) is 2.31. The molecule has 0 heterocycles. The predicted octanol–water partition coefficient (Wildman–Crippen LogP) is 3.43. The van der Waals surface area contributed by atoms with Crippen molar-refractivity contribution in [2.45, 2.75) is 64.4 Å². The maximum absolute atomic E-state index is 9.54. The van der Waals surface area contributed by atoms with Gasteiger partial charge < -0.3 is 5.11 Å². The van der Waals surface area contributed by atoms with Crippen molar-refractivity contribution in [1.82, 2.24) is 0 Å². The van der Waals surface area contributed by atoms with Gasteiger partial charge in [-0.15, -0.1) is 0 Å². The summed E-state index contributed by atoms with van der Waals surface area (Å²) in [6.07, 6.45) is 11.7. The lowest BCUT2D eigenvalue weighted by Crippen LogP contribution is -2.00. The fourth-order valence-corrected chi connectivity index (χ4v) is 1.95. The Bertz CT molecular complexity index is 161. The summed E-state index contributed by atoms with van der Waals surface area (Å²) in [5.74, 6) is 0. The first kappa shape index (κ1) is 10.8. The van der Waals surface area contributed by atoms with Crippen molar-refractivity contribution < 1.29 is 5.11 Å². The van der Waals surface area contributed by atoms with Crippen LogP contribution in [-0.4, -0.2) is 11.2 Å². The third-order valence-corrected chi connectivity index (χ3v) is 2.78. The Morgan fingerprint density at radius 1 is 1.38 bits per heavy atom. The Morgan fingerprint density at radius 2 is 2.23 bits per heavy atom. The van der Waals surface area contributed by atoms with E-state index in [2.05, 4.69) is 13.0 Å². The van der Waals surface area contributed by atoms with Gasteiger partial charge in [0.1, 0.15) is 0 Å². The minimum absolute atomic E-state index is 0.154. The van der Waals surface area contributed by atoms with Crippen molar-refractivity contribution in [2.75, 3.05) is 0 Å². The van der Waals surface area contributed by atoms with Gasteiger partial charge in [0.15, 0.2) is 0 Å². The van der Waals surface area contributed by atoms with Gasteiger partial charge in [0.2, 0.25) is 0 Å². The number of unbranched alkanes of at least 4 members (excludes halogenated alkanes) is 2. The molecule has 76 valence electrons. The van der Waals surface area contributed by atoms with E-state index in [4.69, 9.17) is 0 Å². The van der Waals surface area contributed by atoms with Gasteiger partial charge in [-0.05, 0) is 32.1 Å². The Balaban J connectivity index is 2.28. The van der Waals surface area contributed by atoms with E-state index >= 15 is 0 Å². The standard InChI is InChI=1S/C12H22O/c1-2-3-4-7-11-8-5-6-9-12(13)10-11/h10,12-13H,2-9H2,1H3. The zero-order valence-electron chi connectivity index (χ0n) is 8.76. The SMILES string of the molecule is CCCCCC1=CC(O)CCCC1. The molecule has 1 atom stereocenters. The third kappa shape index (κ3) is 4.47. The lowest BCUT2D eigenvalue weighted by molar-refractivity contribution is 0.211. The Kier molecular flexibility index (Phi) is 5.14. The normalized spacial score (nSPS) is 23.8. The van der Waals surface area contributed by atoms with Crippen LogP contribution in [0.1, 0.15) is 58.3 Å². The van der Waals surface area contributed by atoms with E-state index < -0.39 is 0 Å². The number of aliphatic hydroxyl groups excluding tert-OH is 1. The summed E-state index contributed by atoms with van der Waals surface area (Å²) in [5, 5.41) is 9.54. The molecule has 0 amide bonds. The molecule has 1 aliphatic rings. The molecule has 0 saturated carbocycles. The first-order chi connectivity index (χ1) is 6.33. The number of hydrogen-bond acceptors (Lipinski definition) is 1. The summed E-state index contributed by atoms with van der Waals surface area (Å²) >= 11 is 0. The van der Waals surface area contributed by atoms with Crippen LogP contribution in [0.25, 0.3) is 0 Å². The van der Waals surface area contributed by atoms with Gasteiger partial charge in [-0.2, -0.15) is 0 Å². The van der Waals surface area contributed by atoms with Crippen molar-refractivity contribution in [1.29, 1.82) is 0 Å². The van der Waals surface area contributed by atoms with Crippen LogP contribution in [0.15, 0.2) is 11.6 Å². The fourth-order valence-electron chi connectivity index (χ4n) is 1.95. The van der Waals surface area contributed by atoms with Crippen LogP contribution >= 0.6 is 0 Å². The Labute approximate surface area is 81.9 Å². The van der Waals surface area contributed by atoms with Crippen LogP contribution in [0.4, 0.5) is 0 Å². The highest BCUT2D eigenvalue weighted by molar-refractivity contribution is 5.06. The molecule has 0 aromatic rings. The van der Waals surface area contributed by atoms with E-state index in [1.807, 2.05) is 0 Å². The molecule has 0 spiro atoms. The number of rotatable bonds is 4. The topological polar surface area (TPSA) is 20.2 Å². The first-order valence-electron chi connectivity index (χ1n) is 5.70. The van der Waals surface area contributed by atoms with E-state index in [1.54, 1.807) is 0 Å². The van der Waals surface area contributed by atoms with Gasteiger partial charge in [-0.1, -0.05) is 37.8 Å². The first-order valence-corrected chi connectivity index (χ1v) is 5.70. The van der Waals surface area contributed by atoms with Crippen molar-refractivity contribution in [3.05, 3.63) is 11.6 Å². The molecule has 1 rings (SSSR count). The smallest absolute Gasteiger partial charge is 0.0723 e. The molecule has 0 aromatic carbocycles. The highest BCUT2D eigenvalue weighted by Gasteiger charge is 2.08. The van der Waals surface area contributed by atoms with E-state index in [0.29, 0.717) is 0 Å². The van der Waals surface area contributed by atoms with Crippen LogP contribution in [-0.2, 0) is 0 Å². The Hall–Kier alpha value is -0.300. The molecule has 0 aromatic heterocycles. The highest BCUT2D eigenvalue weighted by Crippen LogP contribution is 2.21. The largest absolute Gasteiger partial charge is 0.389 e. The highest BCUT2D eigenvalue weighted by atomic mass is 16.3. The summed E-state index contributed by atoms with van der Waals surface area (Å²) in [7, 11) is 0. The molecule has 1 N–H and O–H groups in total. The molecule has 0 saturated heterocycles. The lowest BCUT2D eigenvalue weighted by atomic mass is 10.0. The van der Waals surface area contributed by atoms with Gasteiger partial charge >= 0.3 is 0 Å². The van der Waals surface area contributed by atoms with Crippen LogP contribution in [0.2, 0.25) is 0 Å². The van der Waals surface area contributed by atoms with Crippen LogP contribution in [0.5, 0.6) is 0 Å². The van der Waals surface area contributed by atoms with Crippen LogP contribution in [0.3, 0.4) is 0 Å². The minimum atomic E-state index is -0.154. The molecule has 0 radical (unpaired) electrons. The van der Waals surface area contributed by atoms with Gasteiger partial charge in [-0.3, -0.25) is 0 Å².